The molecule has 0 atom stereocenters. The van der Waals surface area contributed by atoms with E-state index in [1.54, 1.807) is 0 Å². The molecule has 1 aromatic carbocycles. The van der Waals surface area contributed by atoms with Crippen molar-refractivity contribution >= 4 is 17.6 Å². The molecule has 0 unspecified atom stereocenters. The number of carbonyl (C=O) groups is 1. The Morgan fingerprint density at radius 2 is 1.91 bits per heavy atom. The highest BCUT2D eigenvalue weighted by Crippen LogP contribution is 2.33. The van der Waals surface area contributed by atoms with Gasteiger partial charge in [0.15, 0.2) is 0 Å². The number of hydrogen-bond donors (Lipinski definition) is 2. The number of ether oxygens (including phenoxy) is 1. The van der Waals surface area contributed by atoms with Crippen LogP contribution in [0.2, 0.25) is 0 Å². The number of rotatable bonds is 10. The summed E-state index contributed by atoms with van der Waals surface area (Å²) in [4.78, 5) is 15.1. The van der Waals surface area contributed by atoms with Gasteiger partial charge in [-0.15, -0.1) is 5.10 Å². The molecule has 0 spiro atoms. The van der Waals surface area contributed by atoms with Gasteiger partial charge in [-0.2, -0.15) is 0 Å². The Hall–Kier alpha value is -2.61. The van der Waals surface area contributed by atoms with Crippen LogP contribution in [-0.4, -0.2) is 53.8 Å². The maximum Gasteiger partial charge on any atom is 0.315 e. The van der Waals surface area contributed by atoms with Crippen LogP contribution >= 0.6 is 0 Å². The van der Waals surface area contributed by atoms with E-state index >= 15 is 0 Å². The molecule has 180 valence electrons. The van der Waals surface area contributed by atoms with Crippen LogP contribution in [0.3, 0.4) is 0 Å². The van der Waals surface area contributed by atoms with E-state index in [9.17, 15) is 4.79 Å². The van der Waals surface area contributed by atoms with Crippen LogP contribution in [-0.2, 0) is 4.79 Å². The Labute approximate surface area is 196 Å². The van der Waals surface area contributed by atoms with E-state index in [-0.39, 0.29) is 11.8 Å². The molecule has 2 heterocycles. The molecule has 1 aliphatic carbocycles. The molecule has 2 aliphatic rings. The minimum atomic E-state index is 0.0960. The molecule has 1 aliphatic heterocycles. The van der Waals surface area contributed by atoms with Crippen molar-refractivity contribution in [1.82, 2.24) is 15.1 Å². The van der Waals surface area contributed by atoms with Gasteiger partial charge < -0.3 is 24.7 Å². The molecule has 2 N–H and O–H groups in total. The molecule has 8 nitrogen and oxygen atoms in total. The lowest BCUT2D eigenvalue weighted by atomic mass is 9.88. The summed E-state index contributed by atoms with van der Waals surface area (Å²) in [7, 11) is 0. The van der Waals surface area contributed by atoms with Crippen LogP contribution in [0.1, 0.15) is 64.7 Å². The zero-order valence-electron chi connectivity index (χ0n) is 19.8. The van der Waals surface area contributed by atoms with Gasteiger partial charge in [-0.3, -0.25) is 4.79 Å². The second kappa shape index (κ2) is 12.0. The van der Waals surface area contributed by atoms with Crippen molar-refractivity contribution in [1.29, 1.82) is 0 Å². The lowest BCUT2D eigenvalue weighted by molar-refractivity contribution is -0.120. The number of anilines is 2. The summed E-state index contributed by atoms with van der Waals surface area (Å²) in [6.45, 7) is 6.74. The molecule has 1 amide bonds. The highest BCUT2D eigenvalue weighted by Gasteiger charge is 2.22. The van der Waals surface area contributed by atoms with E-state index in [4.69, 9.17) is 9.15 Å². The lowest BCUT2D eigenvalue weighted by Crippen LogP contribution is -2.31. The van der Waals surface area contributed by atoms with Crippen molar-refractivity contribution in [3.63, 3.8) is 0 Å². The van der Waals surface area contributed by atoms with Crippen molar-refractivity contribution in [3.05, 3.63) is 18.2 Å². The molecule has 1 saturated carbocycles. The molecule has 0 radical (unpaired) electrons. The van der Waals surface area contributed by atoms with Crippen molar-refractivity contribution in [2.75, 3.05) is 43.4 Å². The fourth-order valence-corrected chi connectivity index (χ4v) is 4.75. The normalized spacial score (nSPS) is 17.6. The SMILES string of the molecule is CCOc1cc(NC(=O)C2CCCCC2)ccc1-c1nnc(NCCCN2CCCCC2)o1. The Bertz CT molecular complexity index is 888. The first kappa shape index (κ1) is 23.5. The molecular weight excluding hydrogens is 418 g/mol. The number of likely N-dealkylation sites (tertiary alicyclic amines) is 1. The average molecular weight is 456 g/mol. The van der Waals surface area contributed by atoms with Crippen LogP contribution in [0.25, 0.3) is 11.5 Å². The van der Waals surface area contributed by atoms with E-state index in [1.165, 1.54) is 38.8 Å². The molecule has 1 saturated heterocycles. The number of nitrogens with one attached hydrogen (secondary N) is 2. The van der Waals surface area contributed by atoms with Crippen molar-refractivity contribution < 1.29 is 13.9 Å². The van der Waals surface area contributed by atoms with Crippen LogP contribution in [0.5, 0.6) is 5.75 Å². The summed E-state index contributed by atoms with van der Waals surface area (Å²) in [5.41, 5.74) is 1.45. The topological polar surface area (TPSA) is 92.5 Å². The summed E-state index contributed by atoms with van der Waals surface area (Å²) in [5, 5.41) is 14.6. The summed E-state index contributed by atoms with van der Waals surface area (Å²) in [6.07, 6.45) is 10.5. The minimum Gasteiger partial charge on any atom is -0.493 e. The average Bonchev–Trinajstić information content (AvgIpc) is 3.32. The second-order valence-corrected chi connectivity index (χ2v) is 9.06. The minimum absolute atomic E-state index is 0.0960. The fourth-order valence-electron chi connectivity index (χ4n) is 4.75. The molecule has 4 rings (SSSR count). The van der Waals surface area contributed by atoms with E-state index in [0.717, 1.165) is 56.4 Å². The summed E-state index contributed by atoms with van der Waals surface area (Å²) in [5.74, 6) is 1.23. The second-order valence-electron chi connectivity index (χ2n) is 9.06. The molecular formula is C25H37N5O3. The van der Waals surface area contributed by atoms with Gasteiger partial charge in [0.1, 0.15) is 5.75 Å². The molecule has 0 bridgehead atoms. The third-order valence-corrected chi connectivity index (χ3v) is 6.56. The fraction of sp³-hybridized carbons (Fsp3) is 0.640. The van der Waals surface area contributed by atoms with Crippen molar-refractivity contribution in [3.8, 4) is 17.2 Å². The quantitative estimate of drug-likeness (QED) is 0.490. The van der Waals surface area contributed by atoms with Gasteiger partial charge in [0, 0.05) is 24.2 Å². The summed E-state index contributed by atoms with van der Waals surface area (Å²) < 4.78 is 11.7. The van der Waals surface area contributed by atoms with Gasteiger partial charge in [-0.05, 0) is 70.8 Å². The van der Waals surface area contributed by atoms with E-state index in [1.807, 2.05) is 25.1 Å². The van der Waals surface area contributed by atoms with Crippen molar-refractivity contribution in [2.24, 2.45) is 5.92 Å². The first-order valence-electron chi connectivity index (χ1n) is 12.6. The van der Waals surface area contributed by atoms with Gasteiger partial charge in [0.25, 0.3) is 5.89 Å². The van der Waals surface area contributed by atoms with Crippen LogP contribution in [0, 0.1) is 5.92 Å². The van der Waals surface area contributed by atoms with Crippen molar-refractivity contribution in [2.45, 2.75) is 64.7 Å². The highest BCUT2D eigenvalue weighted by molar-refractivity contribution is 5.93. The molecule has 33 heavy (non-hydrogen) atoms. The monoisotopic (exact) mass is 455 g/mol. The van der Waals surface area contributed by atoms with Gasteiger partial charge >= 0.3 is 6.01 Å². The standard InChI is InChI=1S/C25H37N5O3/c1-2-32-22-18-20(27-23(31)19-10-5-3-6-11-19)12-13-21(22)24-28-29-25(33-24)26-14-9-17-30-15-7-4-8-16-30/h12-13,18-19H,2-11,14-17H2,1H3,(H,26,29)(H,27,31). The predicted octanol–water partition coefficient (Wildman–Crippen LogP) is 4.94. The van der Waals surface area contributed by atoms with Crippen LogP contribution in [0.4, 0.5) is 11.7 Å². The Balaban J connectivity index is 1.34. The number of nitrogens with zero attached hydrogens (tertiary/aromatic N) is 3. The predicted molar refractivity (Wildman–Crippen MR) is 130 cm³/mol. The third kappa shape index (κ3) is 6.69. The van der Waals surface area contributed by atoms with E-state index in [2.05, 4.69) is 25.7 Å². The maximum atomic E-state index is 12.6. The number of hydrogen-bond acceptors (Lipinski definition) is 7. The number of aromatic nitrogens is 2. The summed E-state index contributed by atoms with van der Waals surface area (Å²) >= 11 is 0. The van der Waals surface area contributed by atoms with Gasteiger partial charge in [0.2, 0.25) is 5.91 Å². The van der Waals surface area contributed by atoms with E-state index < -0.39 is 0 Å². The third-order valence-electron chi connectivity index (χ3n) is 6.56. The lowest BCUT2D eigenvalue weighted by Gasteiger charge is -2.26. The number of piperidine rings is 1. The smallest absolute Gasteiger partial charge is 0.315 e. The van der Waals surface area contributed by atoms with Gasteiger partial charge in [-0.1, -0.05) is 30.8 Å². The Kier molecular flexibility index (Phi) is 8.58. The Morgan fingerprint density at radius 3 is 2.70 bits per heavy atom. The Morgan fingerprint density at radius 1 is 1.12 bits per heavy atom. The maximum absolute atomic E-state index is 12.6. The van der Waals surface area contributed by atoms with Gasteiger partial charge in [0.05, 0.1) is 12.2 Å². The highest BCUT2D eigenvalue weighted by atomic mass is 16.5. The number of benzene rings is 1. The molecule has 2 aromatic rings. The molecule has 2 fully saturated rings. The largest absolute Gasteiger partial charge is 0.493 e. The van der Waals surface area contributed by atoms with E-state index in [0.29, 0.717) is 24.3 Å². The van der Waals surface area contributed by atoms with Crippen LogP contribution < -0.4 is 15.4 Å². The first-order valence-corrected chi connectivity index (χ1v) is 12.6. The number of amides is 1. The first-order chi connectivity index (χ1) is 16.2. The molecule has 1 aromatic heterocycles. The van der Waals surface area contributed by atoms with Gasteiger partial charge in [-0.25, -0.2) is 0 Å². The van der Waals surface area contributed by atoms with Crippen LogP contribution in [0.15, 0.2) is 22.6 Å². The number of carbonyl (C=O) groups excluding carboxylic acids is 1. The molecule has 8 heteroatoms. The zero-order chi connectivity index (χ0) is 22.9. The summed E-state index contributed by atoms with van der Waals surface area (Å²) in [6, 6.07) is 6.00. The zero-order valence-corrected chi connectivity index (χ0v) is 19.8.